The number of ketones is 1. The molecule has 0 radical (unpaired) electrons. The summed E-state index contributed by atoms with van der Waals surface area (Å²) >= 11 is 1.15. The number of nitrogens with zero attached hydrogens (tertiary/aromatic N) is 3. The second-order valence-electron chi connectivity index (χ2n) is 5.60. The highest BCUT2D eigenvalue weighted by Crippen LogP contribution is 2.34. The fraction of sp³-hybridized carbons (Fsp3) is 0.105. The number of hydrogen-bond acceptors (Lipinski definition) is 4. The lowest BCUT2D eigenvalue weighted by Crippen LogP contribution is -2.11. The van der Waals surface area contributed by atoms with E-state index in [1.165, 1.54) is 13.1 Å². The highest BCUT2D eigenvalue weighted by atomic mass is 32.1. The third-order valence-electron chi connectivity index (χ3n) is 3.74. The molecule has 0 aliphatic carbocycles. The molecule has 0 aliphatic rings. The second-order valence-corrected chi connectivity index (χ2v) is 6.72. The van der Waals surface area contributed by atoms with Gasteiger partial charge >= 0.3 is 6.18 Å². The first kappa shape index (κ1) is 18.6. The summed E-state index contributed by atoms with van der Waals surface area (Å²) in [4.78, 5) is 13.5. The average molecular weight is 387 g/mol. The predicted molar refractivity (Wildman–Crippen MR) is 95.9 cm³/mol. The highest BCUT2D eigenvalue weighted by molar-refractivity contribution is 7.16. The normalized spacial score (nSPS) is 12.0. The zero-order valence-corrected chi connectivity index (χ0v) is 14.8. The molecular formula is C19H12F3N3OS. The Labute approximate surface area is 156 Å². The molecule has 0 unspecified atom stereocenters. The van der Waals surface area contributed by atoms with Crippen LogP contribution in [0.25, 0.3) is 16.6 Å². The number of aryl methyl sites for hydroxylation is 1. The van der Waals surface area contributed by atoms with E-state index in [0.717, 1.165) is 22.1 Å². The fourth-order valence-electron chi connectivity index (χ4n) is 2.46. The third-order valence-corrected chi connectivity index (χ3v) is 4.79. The number of rotatable bonds is 4. The van der Waals surface area contributed by atoms with Crippen LogP contribution in [0.3, 0.4) is 0 Å². The van der Waals surface area contributed by atoms with Crippen molar-refractivity contribution in [3.63, 3.8) is 0 Å². The molecule has 0 aliphatic heterocycles. The van der Waals surface area contributed by atoms with E-state index >= 15 is 0 Å². The molecule has 3 aromatic rings. The van der Waals surface area contributed by atoms with Crippen molar-refractivity contribution >= 4 is 23.2 Å². The predicted octanol–water partition coefficient (Wildman–Crippen LogP) is 4.96. The molecule has 2 heterocycles. The molecule has 0 N–H and O–H groups in total. The number of carbonyl (C=O) groups excluding carboxylic acids is 1. The summed E-state index contributed by atoms with van der Waals surface area (Å²) in [7, 11) is 1.23. The lowest BCUT2D eigenvalue weighted by atomic mass is 10.0. The van der Waals surface area contributed by atoms with Gasteiger partial charge < -0.3 is 0 Å². The third kappa shape index (κ3) is 3.99. The monoisotopic (exact) mass is 387 g/mol. The number of aromatic nitrogens is 2. The Morgan fingerprint density at radius 3 is 2.52 bits per heavy atom. The Kier molecular flexibility index (Phi) is 4.97. The van der Waals surface area contributed by atoms with E-state index in [9.17, 15) is 23.2 Å². The number of allylic oxidation sites excluding steroid dienone is 1. The van der Waals surface area contributed by atoms with Crippen LogP contribution in [0.15, 0.2) is 54.1 Å². The van der Waals surface area contributed by atoms with Crippen LogP contribution >= 0.6 is 11.3 Å². The fourth-order valence-corrected chi connectivity index (χ4v) is 3.36. The van der Waals surface area contributed by atoms with Crippen molar-refractivity contribution in [1.82, 2.24) is 9.78 Å². The van der Waals surface area contributed by atoms with Crippen LogP contribution in [0.1, 0.15) is 20.9 Å². The van der Waals surface area contributed by atoms with Crippen molar-refractivity contribution in [3.8, 4) is 16.6 Å². The smallest absolute Gasteiger partial charge is 0.288 e. The van der Waals surface area contributed by atoms with Crippen molar-refractivity contribution < 1.29 is 18.0 Å². The van der Waals surface area contributed by atoms with E-state index in [1.54, 1.807) is 42.5 Å². The molecule has 0 bridgehead atoms. The number of carbonyl (C=O) groups is 1. The summed E-state index contributed by atoms with van der Waals surface area (Å²) in [6.07, 6.45) is -3.06. The maximum atomic E-state index is 12.9. The van der Waals surface area contributed by atoms with Crippen molar-refractivity contribution in [1.29, 1.82) is 5.26 Å². The van der Waals surface area contributed by atoms with Crippen LogP contribution in [0.2, 0.25) is 0 Å². The van der Waals surface area contributed by atoms with Gasteiger partial charge in [-0.2, -0.15) is 23.5 Å². The maximum Gasteiger partial charge on any atom is 0.433 e. The Morgan fingerprint density at radius 2 is 1.93 bits per heavy atom. The van der Waals surface area contributed by atoms with Gasteiger partial charge in [-0.25, -0.2) is 0 Å². The first-order chi connectivity index (χ1) is 12.8. The molecule has 8 heteroatoms. The van der Waals surface area contributed by atoms with Crippen molar-refractivity contribution in [2.45, 2.75) is 6.18 Å². The SMILES string of the molecule is Cn1nc(-c2ccc(C=C(C#N)C(=O)c3ccccc3)s2)cc1C(F)(F)F. The number of alkyl halides is 3. The summed E-state index contributed by atoms with van der Waals surface area (Å²) in [5.41, 5.74) is -0.324. The van der Waals surface area contributed by atoms with E-state index in [-0.39, 0.29) is 11.3 Å². The molecule has 136 valence electrons. The van der Waals surface area contributed by atoms with Crippen LogP contribution in [-0.4, -0.2) is 15.6 Å². The van der Waals surface area contributed by atoms with E-state index in [2.05, 4.69) is 5.10 Å². The molecule has 27 heavy (non-hydrogen) atoms. The number of Topliss-reactive ketones (excluding diaryl/α,β-unsaturated/α-hetero) is 1. The Balaban J connectivity index is 1.90. The van der Waals surface area contributed by atoms with Crippen LogP contribution in [0, 0.1) is 11.3 Å². The minimum atomic E-state index is -4.49. The van der Waals surface area contributed by atoms with Gasteiger partial charge in [0.15, 0.2) is 0 Å². The van der Waals surface area contributed by atoms with Gasteiger partial charge in [0.1, 0.15) is 23.0 Å². The van der Waals surface area contributed by atoms with Gasteiger partial charge in [-0.1, -0.05) is 30.3 Å². The van der Waals surface area contributed by atoms with Crippen LogP contribution in [-0.2, 0) is 13.2 Å². The summed E-state index contributed by atoms with van der Waals surface area (Å²) in [5, 5.41) is 13.2. The summed E-state index contributed by atoms with van der Waals surface area (Å²) in [6, 6.07) is 14.5. The number of thiophene rings is 1. The minimum absolute atomic E-state index is 0.0494. The quantitative estimate of drug-likeness (QED) is 0.361. The number of halogens is 3. The maximum absolute atomic E-state index is 12.9. The number of hydrogen-bond donors (Lipinski definition) is 0. The molecule has 1 aromatic carbocycles. The Hall–Kier alpha value is -3.18. The van der Waals surface area contributed by atoms with Gasteiger partial charge in [0.2, 0.25) is 5.78 Å². The lowest BCUT2D eigenvalue weighted by molar-refractivity contribution is -0.143. The van der Waals surface area contributed by atoms with E-state index in [4.69, 9.17) is 0 Å². The largest absolute Gasteiger partial charge is 0.433 e. The van der Waals surface area contributed by atoms with Crippen molar-refractivity contribution in [2.24, 2.45) is 7.05 Å². The van der Waals surface area contributed by atoms with Gasteiger partial charge in [-0.3, -0.25) is 9.48 Å². The molecule has 0 fully saturated rings. The zero-order chi connectivity index (χ0) is 19.6. The standard InChI is InChI=1S/C19H12F3N3OS/c1-25-17(19(20,21)22)10-15(24-25)16-8-7-14(27-16)9-13(11-23)18(26)12-5-3-2-4-6-12/h2-10H,1H3. The van der Waals surface area contributed by atoms with Gasteiger partial charge in [0, 0.05) is 17.5 Å². The molecule has 0 amide bonds. The minimum Gasteiger partial charge on any atom is -0.288 e. The Bertz CT molecular complexity index is 1060. The van der Waals surface area contributed by atoms with Crippen LogP contribution in [0.4, 0.5) is 13.2 Å². The van der Waals surface area contributed by atoms with Gasteiger partial charge in [-0.05, 0) is 24.3 Å². The van der Waals surface area contributed by atoms with E-state index < -0.39 is 17.7 Å². The molecule has 0 saturated carbocycles. The average Bonchev–Trinajstić information content (AvgIpc) is 3.26. The Morgan fingerprint density at radius 1 is 1.22 bits per heavy atom. The molecule has 0 atom stereocenters. The van der Waals surface area contributed by atoms with Gasteiger partial charge in [0.05, 0.1) is 4.88 Å². The lowest BCUT2D eigenvalue weighted by Gasteiger charge is -2.04. The summed E-state index contributed by atoms with van der Waals surface area (Å²) < 4.78 is 39.5. The van der Waals surface area contributed by atoms with E-state index in [0.29, 0.717) is 15.3 Å². The molecule has 4 nitrogen and oxygen atoms in total. The van der Waals surface area contributed by atoms with Crippen molar-refractivity contribution in [3.05, 3.63) is 70.2 Å². The first-order valence-electron chi connectivity index (χ1n) is 7.72. The molecule has 0 saturated heterocycles. The van der Waals surface area contributed by atoms with E-state index in [1.807, 2.05) is 6.07 Å². The van der Waals surface area contributed by atoms with Crippen LogP contribution < -0.4 is 0 Å². The molecule has 3 rings (SSSR count). The number of nitriles is 1. The van der Waals surface area contributed by atoms with Gasteiger partial charge in [-0.15, -0.1) is 11.3 Å². The van der Waals surface area contributed by atoms with Crippen LogP contribution in [0.5, 0.6) is 0 Å². The highest BCUT2D eigenvalue weighted by Gasteiger charge is 2.35. The van der Waals surface area contributed by atoms with Gasteiger partial charge in [0.25, 0.3) is 0 Å². The topological polar surface area (TPSA) is 58.7 Å². The first-order valence-corrected chi connectivity index (χ1v) is 8.54. The second kappa shape index (κ2) is 7.21. The molecule has 2 aromatic heterocycles. The summed E-state index contributed by atoms with van der Waals surface area (Å²) in [5.74, 6) is -0.412. The van der Waals surface area contributed by atoms with Crippen molar-refractivity contribution in [2.75, 3.05) is 0 Å². The molecular weight excluding hydrogens is 375 g/mol. The number of benzene rings is 1. The zero-order valence-electron chi connectivity index (χ0n) is 14.0. The molecule has 0 spiro atoms. The summed E-state index contributed by atoms with van der Waals surface area (Å²) in [6.45, 7) is 0.